The van der Waals surface area contributed by atoms with Gasteiger partial charge in [0.25, 0.3) is 5.91 Å². The van der Waals surface area contributed by atoms with Crippen molar-refractivity contribution in [3.8, 4) is 11.5 Å². The van der Waals surface area contributed by atoms with Crippen molar-refractivity contribution in [3.05, 3.63) is 59.5 Å². The van der Waals surface area contributed by atoms with Gasteiger partial charge in [-0.1, -0.05) is 30.5 Å². The van der Waals surface area contributed by atoms with Gasteiger partial charge in [-0.2, -0.15) is 5.10 Å². The fourth-order valence-corrected chi connectivity index (χ4v) is 4.97. The topological polar surface area (TPSA) is 80.4 Å². The lowest BCUT2D eigenvalue weighted by atomic mass is 9.92. The maximum Gasteiger partial charge on any atom is 0.277 e. The number of anilines is 1. The summed E-state index contributed by atoms with van der Waals surface area (Å²) in [6.07, 6.45) is 5.79. The number of nitrogens with zero attached hydrogens (tertiary/aromatic N) is 3. The Morgan fingerprint density at radius 2 is 1.97 bits per heavy atom. The van der Waals surface area contributed by atoms with E-state index in [1.807, 2.05) is 45.0 Å². The Bertz CT molecular complexity index is 1170. The van der Waals surface area contributed by atoms with Crippen molar-refractivity contribution in [1.29, 1.82) is 0 Å². The number of fused-ring (bicyclic) bond motifs is 1. The molecule has 3 aromatic rings. The Balaban J connectivity index is 1.60. The minimum atomic E-state index is -1.11. The Kier molecular flexibility index (Phi) is 4.92. The molecule has 7 heteroatoms. The van der Waals surface area contributed by atoms with Crippen molar-refractivity contribution in [3.63, 3.8) is 0 Å². The molecule has 3 heterocycles. The maximum absolute atomic E-state index is 13.8. The normalized spacial score (nSPS) is 21.1. The van der Waals surface area contributed by atoms with Crippen LogP contribution < -0.4 is 10.2 Å². The Morgan fingerprint density at radius 1 is 1.19 bits per heavy atom. The van der Waals surface area contributed by atoms with Gasteiger partial charge in [0.1, 0.15) is 16.9 Å². The van der Waals surface area contributed by atoms with Crippen LogP contribution in [0.4, 0.5) is 5.69 Å². The van der Waals surface area contributed by atoms with E-state index in [2.05, 4.69) is 10.4 Å². The third-order valence-corrected chi connectivity index (χ3v) is 6.70. The highest BCUT2D eigenvalue weighted by Crippen LogP contribution is 2.36. The highest BCUT2D eigenvalue weighted by atomic mass is 16.3. The highest BCUT2D eigenvalue weighted by molar-refractivity contribution is 6.12. The number of benzene rings is 1. The molecule has 1 N–H and O–H groups in total. The number of hydrogen-bond acceptors (Lipinski definition) is 4. The summed E-state index contributed by atoms with van der Waals surface area (Å²) < 4.78 is 7.13. The molecule has 32 heavy (non-hydrogen) atoms. The van der Waals surface area contributed by atoms with Crippen molar-refractivity contribution in [2.24, 2.45) is 0 Å². The van der Waals surface area contributed by atoms with Crippen molar-refractivity contribution < 1.29 is 14.0 Å². The summed E-state index contributed by atoms with van der Waals surface area (Å²) in [5.74, 6) is 0.214. The minimum Gasteiger partial charge on any atom is -0.463 e. The average Bonchev–Trinajstić information content (AvgIpc) is 3.50. The predicted octanol–water partition coefficient (Wildman–Crippen LogP) is 4.24. The van der Waals surface area contributed by atoms with Gasteiger partial charge < -0.3 is 9.73 Å². The van der Waals surface area contributed by atoms with Crippen LogP contribution in [0.15, 0.2) is 47.1 Å². The van der Waals surface area contributed by atoms with Crippen molar-refractivity contribution >= 4 is 17.5 Å². The molecule has 1 aliphatic heterocycles. The molecule has 2 aromatic heterocycles. The Labute approximate surface area is 187 Å². The van der Waals surface area contributed by atoms with E-state index in [4.69, 9.17) is 4.42 Å². The molecule has 0 saturated heterocycles. The number of carbonyl (C=O) groups excluding carboxylic acids is 2. The minimum absolute atomic E-state index is 0.140. The molecule has 166 valence electrons. The van der Waals surface area contributed by atoms with Crippen LogP contribution in [-0.2, 0) is 11.3 Å². The molecule has 5 rings (SSSR count). The molecule has 0 unspecified atom stereocenters. The first-order valence-corrected chi connectivity index (χ1v) is 11.2. The molecule has 7 nitrogen and oxygen atoms in total. The number of aryl methyl sites for hydroxylation is 2. The molecular weight excluding hydrogens is 404 g/mol. The van der Waals surface area contributed by atoms with Gasteiger partial charge >= 0.3 is 0 Å². The lowest BCUT2D eigenvalue weighted by molar-refractivity contribution is -0.127. The van der Waals surface area contributed by atoms with Gasteiger partial charge in [0.05, 0.1) is 12.8 Å². The molecule has 1 fully saturated rings. The van der Waals surface area contributed by atoms with Crippen LogP contribution in [-0.4, -0.2) is 33.2 Å². The SMILES string of the molecule is Cc1ccc(N2C(=O)c3cc(-c4ccco4)nn3C[C@@]2(C)C(=O)NC2CCCC2)c(C)c1. The van der Waals surface area contributed by atoms with Crippen LogP contribution in [0.1, 0.15) is 54.2 Å². The molecule has 2 aliphatic rings. The second-order valence-corrected chi connectivity index (χ2v) is 9.21. The second kappa shape index (κ2) is 7.65. The standard InChI is InChI=1S/C25H28N4O3/c1-16-10-11-20(17(2)13-16)29-23(30)21-14-19(22-9-6-12-32-22)27-28(21)15-25(29,3)24(31)26-18-7-4-5-8-18/h6,9-14,18H,4-5,7-8,15H2,1-3H3,(H,26,31)/t25-/m0/s1. The lowest BCUT2D eigenvalue weighted by Gasteiger charge is -2.44. The number of rotatable bonds is 4. The van der Waals surface area contributed by atoms with E-state index in [1.54, 1.807) is 28.0 Å². The van der Waals surface area contributed by atoms with Gasteiger partial charge in [-0.25, -0.2) is 0 Å². The molecule has 1 atom stereocenters. The number of carbonyl (C=O) groups is 2. The van der Waals surface area contributed by atoms with Crippen LogP contribution in [0.25, 0.3) is 11.5 Å². The van der Waals surface area contributed by atoms with Gasteiger partial charge in [-0.3, -0.25) is 19.2 Å². The van der Waals surface area contributed by atoms with E-state index < -0.39 is 5.54 Å². The van der Waals surface area contributed by atoms with Gasteiger partial charge in [0, 0.05) is 17.8 Å². The van der Waals surface area contributed by atoms with Gasteiger partial charge in [-0.05, 0) is 57.4 Å². The number of furan rings is 1. The summed E-state index contributed by atoms with van der Waals surface area (Å²) in [6, 6.07) is 11.5. The number of amides is 2. The first kappa shape index (κ1) is 20.5. The zero-order chi connectivity index (χ0) is 22.5. The first-order valence-electron chi connectivity index (χ1n) is 11.2. The molecule has 1 aromatic carbocycles. The zero-order valence-corrected chi connectivity index (χ0v) is 18.7. The van der Waals surface area contributed by atoms with Crippen LogP contribution in [0.3, 0.4) is 0 Å². The van der Waals surface area contributed by atoms with Crippen LogP contribution in [0.5, 0.6) is 0 Å². The third kappa shape index (κ3) is 3.32. The third-order valence-electron chi connectivity index (χ3n) is 6.70. The summed E-state index contributed by atoms with van der Waals surface area (Å²) in [7, 11) is 0. The smallest absolute Gasteiger partial charge is 0.277 e. The maximum atomic E-state index is 13.8. The van der Waals surface area contributed by atoms with Gasteiger partial charge in [-0.15, -0.1) is 0 Å². The second-order valence-electron chi connectivity index (χ2n) is 9.21. The van der Waals surface area contributed by atoms with Crippen molar-refractivity contribution in [2.45, 2.75) is 64.6 Å². The van der Waals surface area contributed by atoms with Gasteiger partial charge in [0.15, 0.2) is 5.76 Å². The van der Waals surface area contributed by atoms with Gasteiger partial charge in [0.2, 0.25) is 5.91 Å². The average molecular weight is 433 g/mol. The van der Waals surface area contributed by atoms with Crippen LogP contribution in [0, 0.1) is 13.8 Å². The van der Waals surface area contributed by atoms with E-state index in [-0.39, 0.29) is 24.4 Å². The summed E-state index contributed by atoms with van der Waals surface area (Å²) in [5.41, 5.74) is 2.73. The fourth-order valence-electron chi connectivity index (χ4n) is 4.97. The van der Waals surface area contributed by atoms with Crippen LogP contribution >= 0.6 is 0 Å². The molecule has 2 amide bonds. The number of aromatic nitrogens is 2. The molecule has 0 radical (unpaired) electrons. The summed E-state index contributed by atoms with van der Waals surface area (Å²) in [6.45, 7) is 6.10. The van der Waals surface area contributed by atoms with Crippen molar-refractivity contribution in [1.82, 2.24) is 15.1 Å². The molecule has 0 bridgehead atoms. The van der Waals surface area contributed by atoms with E-state index in [9.17, 15) is 9.59 Å². The molecule has 1 saturated carbocycles. The lowest BCUT2D eigenvalue weighted by Crippen LogP contribution is -2.65. The predicted molar refractivity (Wildman–Crippen MR) is 121 cm³/mol. The first-order chi connectivity index (χ1) is 15.4. The Morgan fingerprint density at radius 3 is 2.66 bits per heavy atom. The largest absolute Gasteiger partial charge is 0.463 e. The van der Waals surface area contributed by atoms with E-state index in [0.29, 0.717) is 17.1 Å². The van der Waals surface area contributed by atoms with Crippen LogP contribution in [0.2, 0.25) is 0 Å². The number of hydrogen-bond donors (Lipinski definition) is 1. The quantitative estimate of drug-likeness (QED) is 0.669. The summed E-state index contributed by atoms with van der Waals surface area (Å²) >= 11 is 0. The molecular formula is C25H28N4O3. The summed E-state index contributed by atoms with van der Waals surface area (Å²) in [4.78, 5) is 29.2. The fraction of sp³-hybridized carbons (Fsp3) is 0.400. The number of nitrogens with one attached hydrogen (secondary N) is 1. The molecule has 0 spiro atoms. The Hall–Kier alpha value is -3.35. The molecule has 1 aliphatic carbocycles. The van der Waals surface area contributed by atoms with E-state index >= 15 is 0 Å². The summed E-state index contributed by atoms with van der Waals surface area (Å²) in [5, 5.41) is 7.83. The van der Waals surface area contributed by atoms with E-state index in [1.165, 1.54) is 0 Å². The van der Waals surface area contributed by atoms with Crippen molar-refractivity contribution in [2.75, 3.05) is 4.90 Å². The zero-order valence-electron chi connectivity index (χ0n) is 18.7. The monoisotopic (exact) mass is 432 g/mol. The highest BCUT2D eigenvalue weighted by Gasteiger charge is 2.49. The van der Waals surface area contributed by atoms with E-state index in [0.717, 1.165) is 42.5 Å².